The number of sulfonamides is 1. The van der Waals surface area contributed by atoms with Crippen LogP contribution in [0.4, 0.5) is 19.3 Å². The zero-order chi connectivity index (χ0) is 25.3. The van der Waals surface area contributed by atoms with Crippen molar-refractivity contribution in [2.24, 2.45) is 0 Å². The molecule has 0 fully saturated rings. The van der Waals surface area contributed by atoms with Gasteiger partial charge >= 0.3 is 6.09 Å². The summed E-state index contributed by atoms with van der Waals surface area (Å²) in [5.74, 6) is -2.29. The highest BCUT2D eigenvalue weighted by atomic mass is 32.2. The highest BCUT2D eigenvalue weighted by Crippen LogP contribution is 2.38. The fourth-order valence-corrected chi connectivity index (χ4v) is 5.17. The molecule has 35 heavy (non-hydrogen) atoms. The maximum atomic E-state index is 14.3. The van der Waals surface area contributed by atoms with Gasteiger partial charge in [-0.15, -0.1) is 0 Å². The van der Waals surface area contributed by atoms with Crippen molar-refractivity contribution in [2.75, 3.05) is 4.31 Å². The van der Waals surface area contributed by atoms with Crippen LogP contribution < -0.4 is 4.31 Å². The van der Waals surface area contributed by atoms with Gasteiger partial charge in [0.15, 0.2) is 0 Å². The number of pyridine rings is 1. The van der Waals surface area contributed by atoms with E-state index in [0.717, 1.165) is 17.2 Å². The predicted octanol–water partition coefficient (Wildman–Crippen LogP) is 5.09. The number of carboxylic acid groups (broad SMARTS) is 1. The first-order valence-electron chi connectivity index (χ1n) is 10.5. The van der Waals surface area contributed by atoms with Crippen molar-refractivity contribution in [1.29, 1.82) is 0 Å². The zero-order valence-corrected chi connectivity index (χ0v) is 19.5. The Labute approximate surface area is 200 Å². The number of benzene rings is 2. The van der Waals surface area contributed by atoms with Crippen molar-refractivity contribution in [3.8, 4) is 22.4 Å². The summed E-state index contributed by atoms with van der Waals surface area (Å²) in [5.41, 5.74) is 2.55. The molecule has 0 aliphatic carbocycles. The second kappa shape index (κ2) is 9.26. The second-order valence-electron chi connectivity index (χ2n) is 7.56. The van der Waals surface area contributed by atoms with Crippen molar-refractivity contribution in [1.82, 2.24) is 14.8 Å². The lowest BCUT2D eigenvalue weighted by Crippen LogP contribution is -2.37. The molecule has 0 saturated carbocycles. The van der Waals surface area contributed by atoms with Crippen LogP contribution in [0.3, 0.4) is 0 Å². The van der Waals surface area contributed by atoms with Crippen molar-refractivity contribution in [3.63, 3.8) is 0 Å². The molecule has 11 heteroatoms. The normalized spacial score (nSPS) is 11.4. The van der Waals surface area contributed by atoms with E-state index in [0.29, 0.717) is 29.9 Å². The van der Waals surface area contributed by atoms with Crippen molar-refractivity contribution in [2.45, 2.75) is 25.3 Å². The average Bonchev–Trinajstić information content (AvgIpc) is 3.26. The van der Waals surface area contributed by atoms with Crippen LogP contribution in [0.25, 0.3) is 22.4 Å². The van der Waals surface area contributed by atoms with Crippen LogP contribution in [0.2, 0.25) is 0 Å². The number of aryl methyl sites for hydroxylation is 1. The Kier molecular flexibility index (Phi) is 6.35. The van der Waals surface area contributed by atoms with E-state index >= 15 is 0 Å². The number of rotatable bonds is 6. The van der Waals surface area contributed by atoms with Crippen LogP contribution in [0.15, 0.2) is 72.0 Å². The molecule has 0 aliphatic heterocycles. The predicted molar refractivity (Wildman–Crippen MR) is 125 cm³/mol. The minimum absolute atomic E-state index is 0.0482. The molecule has 0 unspecified atom stereocenters. The molecular weight excluding hydrogens is 478 g/mol. The lowest BCUT2D eigenvalue weighted by atomic mass is 9.98. The number of amides is 1. The van der Waals surface area contributed by atoms with Gasteiger partial charge in [-0.25, -0.2) is 22.0 Å². The summed E-state index contributed by atoms with van der Waals surface area (Å²) >= 11 is 0. The molecule has 0 bridgehead atoms. The van der Waals surface area contributed by atoms with E-state index < -0.39 is 32.6 Å². The third kappa shape index (κ3) is 4.37. The summed E-state index contributed by atoms with van der Waals surface area (Å²) in [5, 5.41) is 14.4. The summed E-state index contributed by atoms with van der Waals surface area (Å²) in [6.07, 6.45) is 3.20. The Balaban J connectivity index is 1.92. The Morgan fingerprint density at radius 3 is 2.46 bits per heavy atom. The van der Waals surface area contributed by atoms with Crippen LogP contribution in [-0.4, -0.2) is 34.4 Å². The van der Waals surface area contributed by atoms with E-state index in [1.807, 2.05) is 13.1 Å². The molecule has 0 radical (unpaired) electrons. The molecule has 1 amide bonds. The monoisotopic (exact) mass is 498 g/mol. The molecule has 4 aromatic rings. The molecule has 4 rings (SSSR count). The Morgan fingerprint density at radius 1 is 1.09 bits per heavy atom. The Morgan fingerprint density at radius 2 is 1.80 bits per heavy atom. The van der Waals surface area contributed by atoms with E-state index in [-0.39, 0.29) is 15.6 Å². The lowest BCUT2D eigenvalue weighted by molar-refractivity contribution is 0.206. The van der Waals surface area contributed by atoms with Crippen LogP contribution in [0, 0.1) is 18.6 Å². The van der Waals surface area contributed by atoms with Crippen molar-refractivity contribution < 1.29 is 27.1 Å². The third-order valence-electron chi connectivity index (χ3n) is 5.44. The van der Waals surface area contributed by atoms with Gasteiger partial charge < -0.3 is 5.11 Å². The summed E-state index contributed by atoms with van der Waals surface area (Å²) in [4.78, 5) is 15.1. The second-order valence-corrected chi connectivity index (χ2v) is 9.31. The minimum Gasteiger partial charge on any atom is -0.464 e. The molecule has 0 atom stereocenters. The molecule has 180 valence electrons. The first kappa shape index (κ1) is 24.0. The quantitative estimate of drug-likeness (QED) is 0.397. The SMILES string of the molecule is CCn1cc(-c2ccncc2)c(-c2cccc(N(C(=O)O)S(=O)(=O)c3cc(F)ccc3F)c2C)n1. The van der Waals surface area contributed by atoms with E-state index in [1.54, 1.807) is 42.2 Å². The number of halogens is 2. The molecule has 0 aliphatic rings. The van der Waals surface area contributed by atoms with Gasteiger partial charge in [-0.1, -0.05) is 12.1 Å². The highest BCUT2D eigenvalue weighted by Gasteiger charge is 2.35. The number of carbonyl (C=O) groups is 1. The highest BCUT2D eigenvalue weighted by molar-refractivity contribution is 7.93. The lowest BCUT2D eigenvalue weighted by Gasteiger charge is -2.22. The van der Waals surface area contributed by atoms with E-state index in [2.05, 4.69) is 10.1 Å². The fourth-order valence-electron chi connectivity index (χ4n) is 3.73. The molecular formula is C24H20F2N4O4S. The molecule has 1 N–H and O–H groups in total. The van der Waals surface area contributed by atoms with Gasteiger partial charge in [0, 0.05) is 36.3 Å². The summed E-state index contributed by atoms with van der Waals surface area (Å²) < 4.78 is 56.2. The van der Waals surface area contributed by atoms with E-state index in [9.17, 15) is 27.1 Å². The molecule has 2 aromatic carbocycles. The number of aromatic nitrogens is 3. The smallest absolute Gasteiger partial charge is 0.426 e. The van der Waals surface area contributed by atoms with Gasteiger partial charge in [0.1, 0.15) is 22.2 Å². The fraction of sp³-hybridized carbons (Fsp3) is 0.125. The maximum absolute atomic E-state index is 14.3. The van der Waals surface area contributed by atoms with Crippen molar-refractivity contribution in [3.05, 3.63) is 84.3 Å². The molecule has 0 saturated heterocycles. The van der Waals surface area contributed by atoms with Gasteiger partial charge in [0.25, 0.3) is 10.0 Å². The summed E-state index contributed by atoms with van der Waals surface area (Å²) in [6.45, 7) is 4.01. The minimum atomic E-state index is -5.00. The van der Waals surface area contributed by atoms with E-state index in [1.165, 1.54) is 12.1 Å². The van der Waals surface area contributed by atoms with E-state index in [4.69, 9.17) is 0 Å². The topological polar surface area (TPSA) is 105 Å². The van der Waals surface area contributed by atoms with Crippen LogP contribution in [0.1, 0.15) is 12.5 Å². The third-order valence-corrected chi connectivity index (χ3v) is 7.14. The molecule has 2 aromatic heterocycles. The van der Waals surface area contributed by atoms with Gasteiger partial charge in [0.2, 0.25) is 0 Å². The molecule has 2 heterocycles. The Hall–Kier alpha value is -4.12. The standard InChI is InChI=1S/C24H20F2N4O4S/c1-3-29-14-19(16-9-11-27-12-10-16)23(28-29)18-5-4-6-21(15(18)2)30(24(31)32)35(33,34)22-13-17(25)7-8-20(22)26/h4-14H,3H2,1-2H3,(H,31,32). The zero-order valence-electron chi connectivity index (χ0n) is 18.7. The summed E-state index contributed by atoms with van der Waals surface area (Å²) in [7, 11) is -5.00. The molecule has 0 spiro atoms. The maximum Gasteiger partial charge on any atom is 0.426 e. The number of anilines is 1. The van der Waals surface area contributed by atoms with Gasteiger partial charge in [-0.3, -0.25) is 9.67 Å². The first-order valence-corrected chi connectivity index (χ1v) is 11.9. The Bertz CT molecular complexity index is 1520. The average molecular weight is 499 g/mol. The number of hydrogen-bond donors (Lipinski definition) is 1. The van der Waals surface area contributed by atoms with Crippen LogP contribution in [-0.2, 0) is 16.6 Å². The van der Waals surface area contributed by atoms with Crippen LogP contribution >= 0.6 is 0 Å². The van der Waals surface area contributed by atoms with Gasteiger partial charge in [-0.2, -0.15) is 9.40 Å². The summed E-state index contributed by atoms with van der Waals surface area (Å²) in [6, 6.07) is 9.85. The van der Waals surface area contributed by atoms with Gasteiger partial charge in [0.05, 0.1) is 5.69 Å². The van der Waals surface area contributed by atoms with Crippen molar-refractivity contribution >= 4 is 21.8 Å². The number of hydrogen-bond acceptors (Lipinski definition) is 5. The number of nitrogens with zero attached hydrogens (tertiary/aromatic N) is 4. The largest absolute Gasteiger partial charge is 0.464 e. The molecule has 8 nitrogen and oxygen atoms in total. The van der Waals surface area contributed by atoms with Gasteiger partial charge in [-0.05, 0) is 61.4 Å². The first-order chi connectivity index (χ1) is 16.6. The van der Waals surface area contributed by atoms with Crippen LogP contribution in [0.5, 0.6) is 0 Å².